The van der Waals surface area contributed by atoms with Gasteiger partial charge in [-0.1, -0.05) is 0 Å². The Balaban J connectivity index is 1.80. The third-order valence-corrected chi connectivity index (χ3v) is 3.74. The van der Waals surface area contributed by atoms with Crippen molar-refractivity contribution in [3.8, 4) is 0 Å². The number of carbonyl (C=O) groups excluding carboxylic acids is 2. The van der Waals surface area contributed by atoms with Crippen LogP contribution in [-0.4, -0.2) is 80.4 Å². The molecule has 7 heteroatoms. The van der Waals surface area contributed by atoms with E-state index >= 15 is 0 Å². The molecule has 0 aliphatic carbocycles. The Morgan fingerprint density at radius 2 is 2.00 bits per heavy atom. The van der Waals surface area contributed by atoms with Gasteiger partial charge in [0.05, 0.1) is 19.8 Å². The first-order chi connectivity index (χ1) is 9.57. The number of amides is 3. The molecule has 2 saturated heterocycles. The zero-order valence-electron chi connectivity index (χ0n) is 12.2. The van der Waals surface area contributed by atoms with Crippen LogP contribution in [0.3, 0.4) is 0 Å². The summed E-state index contributed by atoms with van der Waals surface area (Å²) in [5.74, 6) is -0.202. The number of ether oxygens (including phenoxy) is 2. The van der Waals surface area contributed by atoms with E-state index in [4.69, 9.17) is 9.47 Å². The third kappa shape index (κ3) is 3.28. The highest BCUT2D eigenvalue weighted by Crippen LogP contribution is 2.18. The first kappa shape index (κ1) is 15.2. The monoisotopic (exact) mass is 285 g/mol. The molecule has 114 valence electrons. The molecular formula is C13H23N3O4. The van der Waals surface area contributed by atoms with Gasteiger partial charge in [0.25, 0.3) is 5.91 Å². The third-order valence-electron chi connectivity index (χ3n) is 3.74. The standard InChI is InChI=1S/C13H23N3O4/c1-13(10-19-2)11(17)16(12(18)14-13)5-3-4-15-6-8-20-9-7-15/h3-10H2,1-2H3,(H,14,18)/t13-/m1/s1. The molecule has 0 aromatic heterocycles. The molecule has 2 aliphatic rings. The highest BCUT2D eigenvalue weighted by atomic mass is 16.5. The minimum atomic E-state index is -0.926. The van der Waals surface area contributed by atoms with Crippen molar-refractivity contribution < 1.29 is 19.1 Å². The predicted octanol–water partition coefficient (Wildman–Crippen LogP) is -0.334. The Kier molecular flexibility index (Phi) is 4.95. The van der Waals surface area contributed by atoms with Crippen LogP contribution < -0.4 is 5.32 Å². The van der Waals surface area contributed by atoms with Crippen LogP contribution in [0.4, 0.5) is 4.79 Å². The summed E-state index contributed by atoms with van der Waals surface area (Å²) in [4.78, 5) is 27.7. The summed E-state index contributed by atoms with van der Waals surface area (Å²) in [5, 5.41) is 2.70. The van der Waals surface area contributed by atoms with E-state index in [0.717, 1.165) is 39.3 Å². The van der Waals surface area contributed by atoms with E-state index in [9.17, 15) is 9.59 Å². The van der Waals surface area contributed by atoms with Crippen LogP contribution >= 0.6 is 0 Å². The number of nitrogens with one attached hydrogen (secondary N) is 1. The van der Waals surface area contributed by atoms with Crippen LogP contribution in [0, 0.1) is 0 Å². The van der Waals surface area contributed by atoms with E-state index < -0.39 is 5.54 Å². The molecule has 0 aromatic rings. The molecule has 1 N–H and O–H groups in total. The molecule has 1 atom stereocenters. The van der Waals surface area contributed by atoms with Gasteiger partial charge < -0.3 is 14.8 Å². The van der Waals surface area contributed by atoms with Crippen molar-refractivity contribution in [1.82, 2.24) is 15.1 Å². The van der Waals surface area contributed by atoms with Crippen LogP contribution in [0.25, 0.3) is 0 Å². The lowest BCUT2D eigenvalue weighted by atomic mass is 10.0. The van der Waals surface area contributed by atoms with E-state index in [-0.39, 0.29) is 18.5 Å². The van der Waals surface area contributed by atoms with Crippen LogP contribution in [0.5, 0.6) is 0 Å². The zero-order valence-corrected chi connectivity index (χ0v) is 12.2. The van der Waals surface area contributed by atoms with E-state index in [1.54, 1.807) is 6.92 Å². The molecule has 0 unspecified atom stereocenters. The highest BCUT2D eigenvalue weighted by Gasteiger charge is 2.47. The van der Waals surface area contributed by atoms with E-state index in [1.165, 1.54) is 12.0 Å². The number of hydrogen-bond donors (Lipinski definition) is 1. The Morgan fingerprint density at radius 3 is 2.65 bits per heavy atom. The maximum atomic E-state index is 12.2. The molecule has 0 spiro atoms. The van der Waals surface area contributed by atoms with Crippen molar-refractivity contribution in [2.24, 2.45) is 0 Å². The number of hydrogen-bond acceptors (Lipinski definition) is 5. The predicted molar refractivity (Wildman–Crippen MR) is 72.4 cm³/mol. The second-order valence-electron chi connectivity index (χ2n) is 5.46. The Labute approximate surface area is 119 Å². The molecule has 20 heavy (non-hydrogen) atoms. The number of carbonyl (C=O) groups is 2. The molecule has 2 aliphatic heterocycles. The molecule has 0 radical (unpaired) electrons. The maximum Gasteiger partial charge on any atom is 0.325 e. The number of urea groups is 1. The fraction of sp³-hybridized carbons (Fsp3) is 0.846. The minimum absolute atomic E-state index is 0.192. The molecule has 0 aromatic carbocycles. The van der Waals surface area contributed by atoms with Gasteiger partial charge in [0.15, 0.2) is 0 Å². The summed E-state index contributed by atoms with van der Waals surface area (Å²) in [6.45, 7) is 6.56. The lowest BCUT2D eigenvalue weighted by molar-refractivity contribution is -0.132. The summed E-state index contributed by atoms with van der Waals surface area (Å²) >= 11 is 0. The minimum Gasteiger partial charge on any atom is -0.382 e. The number of imide groups is 1. The van der Waals surface area contributed by atoms with Gasteiger partial charge in [0.2, 0.25) is 0 Å². The van der Waals surface area contributed by atoms with Gasteiger partial charge in [-0.25, -0.2) is 4.79 Å². The lowest BCUT2D eigenvalue weighted by Crippen LogP contribution is -2.48. The molecule has 0 saturated carbocycles. The highest BCUT2D eigenvalue weighted by molar-refractivity contribution is 6.06. The van der Waals surface area contributed by atoms with Gasteiger partial charge >= 0.3 is 6.03 Å². The average Bonchev–Trinajstić information content (AvgIpc) is 2.63. The topological polar surface area (TPSA) is 71.1 Å². The van der Waals surface area contributed by atoms with Gasteiger partial charge in [0, 0.05) is 33.3 Å². The van der Waals surface area contributed by atoms with Crippen molar-refractivity contribution >= 4 is 11.9 Å². The summed E-state index contributed by atoms with van der Waals surface area (Å²) in [6, 6.07) is -0.323. The molecule has 7 nitrogen and oxygen atoms in total. The van der Waals surface area contributed by atoms with Crippen molar-refractivity contribution in [2.45, 2.75) is 18.9 Å². The number of morpholine rings is 1. The SMILES string of the molecule is COC[C@@]1(C)NC(=O)N(CCCN2CCOCC2)C1=O. The molecule has 2 heterocycles. The number of methoxy groups -OCH3 is 1. The fourth-order valence-electron chi connectivity index (χ4n) is 2.61. The first-order valence-corrected chi connectivity index (χ1v) is 7.00. The second kappa shape index (κ2) is 6.51. The quantitative estimate of drug-likeness (QED) is 0.676. The van der Waals surface area contributed by atoms with Crippen molar-refractivity contribution in [1.29, 1.82) is 0 Å². The normalized spacial score (nSPS) is 28.0. The Hall–Kier alpha value is -1.18. The second-order valence-corrected chi connectivity index (χ2v) is 5.46. The maximum absolute atomic E-state index is 12.2. The first-order valence-electron chi connectivity index (χ1n) is 7.00. The molecule has 0 bridgehead atoms. The van der Waals surface area contributed by atoms with Crippen LogP contribution in [0.2, 0.25) is 0 Å². The summed E-state index contributed by atoms with van der Waals surface area (Å²) < 4.78 is 10.3. The largest absolute Gasteiger partial charge is 0.382 e. The molecule has 3 amide bonds. The van der Waals surface area contributed by atoms with Crippen molar-refractivity contribution in [3.05, 3.63) is 0 Å². The Bertz CT molecular complexity index is 371. The molecular weight excluding hydrogens is 262 g/mol. The number of nitrogens with zero attached hydrogens (tertiary/aromatic N) is 2. The fourth-order valence-corrected chi connectivity index (χ4v) is 2.61. The van der Waals surface area contributed by atoms with Crippen LogP contribution in [0.15, 0.2) is 0 Å². The van der Waals surface area contributed by atoms with E-state index in [0.29, 0.717) is 6.54 Å². The Morgan fingerprint density at radius 1 is 1.30 bits per heavy atom. The van der Waals surface area contributed by atoms with Gasteiger partial charge in [-0.3, -0.25) is 14.6 Å². The zero-order chi connectivity index (χ0) is 14.6. The summed E-state index contributed by atoms with van der Waals surface area (Å²) in [5.41, 5.74) is -0.926. The average molecular weight is 285 g/mol. The van der Waals surface area contributed by atoms with Crippen LogP contribution in [0.1, 0.15) is 13.3 Å². The summed E-state index contributed by atoms with van der Waals surface area (Å²) in [6.07, 6.45) is 0.780. The molecule has 2 rings (SSSR count). The van der Waals surface area contributed by atoms with Gasteiger partial charge in [-0.05, 0) is 13.3 Å². The van der Waals surface area contributed by atoms with Gasteiger partial charge in [-0.2, -0.15) is 0 Å². The molecule has 2 fully saturated rings. The van der Waals surface area contributed by atoms with E-state index in [1.807, 2.05) is 0 Å². The van der Waals surface area contributed by atoms with Gasteiger partial charge in [0.1, 0.15) is 5.54 Å². The van der Waals surface area contributed by atoms with Gasteiger partial charge in [-0.15, -0.1) is 0 Å². The number of rotatable bonds is 6. The van der Waals surface area contributed by atoms with Crippen LogP contribution in [-0.2, 0) is 14.3 Å². The lowest BCUT2D eigenvalue weighted by Gasteiger charge is -2.27. The summed E-state index contributed by atoms with van der Waals surface area (Å²) in [7, 11) is 1.52. The van der Waals surface area contributed by atoms with E-state index in [2.05, 4.69) is 10.2 Å². The smallest absolute Gasteiger partial charge is 0.325 e. The van der Waals surface area contributed by atoms with Crippen molar-refractivity contribution in [2.75, 3.05) is 53.1 Å². The van der Waals surface area contributed by atoms with Crippen molar-refractivity contribution in [3.63, 3.8) is 0 Å².